The first kappa shape index (κ1) is 20.1. The van der Waals surface area contributed by atoms with Crippen LogP contribution in [0.4, 0.5) is 0 Å². The van der Waals surface area contributed by atoms with Gasteiger partial charge in [0.1, 0.15) is 11.7 Å². The molecular formula is C20H22Cl2N2O3. The molecule has 0 radical (unpaired) electrons. The van der Waals surface area contributed by atoms with Gasteiger partial charge in [0.2, 0.25) is 5.91 Å². The number of nitrogens with zero attached hydrogens (tertiary/aromatic N) is 1. The van der Waals surface area contributed by atoms with Crippen LogP contribution in [0.3, 0.4) is 0 Å². The van der Waals surface area contributed by atoms with Gasteiger partial charge in [-0.25, -0.2) is 0 Å². The van der Waals surface area contributed by atoms with Crippen molar-refractivity contribution < 1.29 is 15.0 Å². The summed E-state index contributed by atoms with van der Waals surface area (Å²) in [7, 11) is 0. The van der Waals surface area contributed by atoms with Crippen LogP contribution in [0.15, 0.2) is 48.5 Å². The van der Waals surface area contributed by atoms with Crippen LogP contribution in [0.1, 0.15) is 11.1 Å². The molecule has 7 heteroatoms. The van der Waals surface area contributed by atoms with Gasteiger partial charge in [0.25, 0.3) is 0 Å². The van der Waals surface area contributed by atoms with Crippen LogP contribution >= 0.6 is 23.2 Å². The second-order valence-electron chi connectivity index (χ2n) is 6.93. The van der Waals surface area contributed by atoms with Crippen molar-refractivity contribution in [3.63, 3.8) is 0 Å². The average Bonchev–Trinajstić information content (AvgIpc) is 2.92. The predicted molar refractivity (Wildman–Crippen MR) is 106 cm³/mol. The summed E-state index contributed by atoms with van der Waals surface area (Å²) < 4.78 is 0. The fourth-order valence-corrected chi connectivity index (χ4v) is 3.54. The first-order chi connectivity index (χ1) is 12.9. The fourth-order valence-electron chi connectivity index (χ4n) is 3.20. The number of rotatable bonds is 6. The Bertz CT molecular complexity index is 800. The molecule has 144 valence electrons. The van der Waals surface area contributed by atoms with Crippen LogP contribution in [-0.4, -0.2) is 52.4 Å². The summed E-state index contributed by atoms with van der Waals surface area (Å²) >= 11 is 11.8. The van der Waals surface area contributed by atoms with Crippen LogP contribution in [0, 0.1) is 0 Å². The minimum absolute atomic E-state index is 0.0864. The Morgan fingerprint density at radius 2 is 1.89 bits per heavy atom. The first-order valence-corrected chi connectivity index (χ1v) is 9.49. The van der Waals surface area contributed by atoms with E-state index in [2.05, 4.69) is 5.32 Å². The molecule has 1 fully saturated rings. The van der Waals surface area contributed by atoms with Crippen LogP contribution < -0.4 is 5.32 Å². The van der Waals surface area contributed by atoms with E-state index in [1.807, 2.05) is 18.2 Å². The van der Waals surface area contributed by atoms with Crippen molar-refractivity contribution in [1.29, 1.82) is 0 Å². The summed E-state index contributed by atoms with van der Waals surface area (Å²) in [5.41, 5.74) is 0.441. The molecule has 0 bridgehead atoms. The van der Waals surface area contributed by atoms with Gasteiger partial charge < -0.3 is 20.4 Å². The summed E-state index contributed by atoms with van der Waals surface area (Å²) in [6, 6.07) is 14.5. The van der Waals surface area contributed by atoms with Gasteiger partial charge in [-0.05, 0) is 35.4 Å². The maximum atomic E-state index is 12.5. The zero-order valence-electron chi connectivity index (χ0n) is 14.7. The first-order valence-electron chi connectivity index (χ1n) is 8.73. The van der Waals surface area contributed by atoms with E-state index in [1.54, 1.807) is 30.3 Å². The second-order valence-corrected chi connectivity index (χ2v) is 7.80. The van der Waals surface area contributed by atoms with E-state index in [0.29, 0.717) is 16.6 Å². The topological polar surface area (TPSA) is 72.8 Å². The molecule has 0 aromatic heterocycles. The molecule has 2 atom stereocenters. The van der Waals surface area contributed by atoms with E-state index in [-0.39, 0.29) is 32.0 Å². The van der Waals surface area contributed by atoms with Crippen LogP contribution in [0.5, 0.6) is 0 Å². The molecule has 27 heavy (non-hydrogen) atoms. The number of aliphatic hydroxyl groups is 2. The molecule has 1 aliphatic rings. The highest BCUT2D eigenvalue weighted by Gasteiger charge is 2.45. The van der Waals surface area contributed by atoms with Crippen molar-refractivity contribution in [2.45, 2.75) is 24.7 Å². The number of β-amino-alcohol motifs (C(OH)–C–C–N with tert-alkyl or cyclic N) is 2. The highest BCUT2D eigenvalue weighted by atomic mass is 35.5. The lowest BCUT2D eigenvalue weighted by Crippen LogP contribution is -2.50. The molecule has 0 aliphatic carbocycles. The van der Waals surface area contributed by atoms with Gasteiger partial charge in [0, 0.05) is 29.7 Å². The van der Waals surface area contributed by atoms with E-state index in [9.17, 15) is 15.0 Å². The largest absolute Gasteiger partial charge is 0.388 e. The van der Waals surface area contributed by atoms with Crippen molar-refractivity contribution in [2.24, 2.45) is 0 Å². The van der Waals surface area contributed by atoms with E-state index < -0.39 is 11.7 Å². The molecule has 2 aromatic rings. The SMILES string of the molecule is O=C(Cc1ccc(Cl)cc1)N1C[C@@H](O)[C@](O)(CNCc2cccc(Cl)c2)C1. The minimum Gasteiger partial charge on any atom is -0.388 e. The standard InChI is InChI=1S/C20H22Cl2N2O3/c21-16-6-4-14(5-7-16)9-19(26)24-11-18(25)20(27,13-24)12-23-10-15-2-1-3-17(22)8-15/h1-8,18,23,25,27H,9-13H2/t18-,20+/m1/s1. The Kier molecular flexibility index (Phi) is 6.40. The van der Waals surface area contributed by atoms with Gasteiger partial charge in [-0.2, -0.15) is 0 Å². The molecule has 2 aromatic carbocycles. The number of benzene rings is 2. The molecule has 5 nitrogen and oxygen atoms in total. The maximum absolute atomic E-state index is 12.5. The minimum atomic E-state index is -1.38. The van der Waals surface area contributed by atoms with E-state index in [1.165, 1.54) is 4.90 Å². The number of halogens is 2. The number of hydrogen-bond donors (Lipinski definition) is 3. The normalized spacial score (nSPS) is 22.2. The van der Waals surface area contributed by atoms with Gasteiger partial charge in [0.05, 0.1) is 13.0 Å². The number of nitrogens with one attached hydrogen (secondary N) is 1. The Labute approximate surface area is 168 Å². The third kappa shape index (κ3) is 5.21. The summed E-state index contributed by atoms with van der Waals surface area (Å²) in [5.74, 6) is -0.137. The van der Waals surface area contributed by atoms with E-state index in [4.69, 9.17) is 23.2 Å². The van der Waals surface area contributed by atoms with Crippen LogP contribution in [-0.2, 0) is 17.8 Å². The number of amides is 1. The van der Waals surface area contributed by atoms with Gasteiger partial charge in [-0.3, -0.25) is 4.79 Å². The third-order valence-corrected chi connectivity index (χ3v) is 5.24. The maximum Gasteiger partial charge on any atom is 0.227 e. The van der Waals surface area contributed by atoms with Gasteiger partial charge in [-0.15, -0.1) is 0 Å². The molecular weight excluding hydrogens is 387 g/mol. The lowest BCUT2D eigenvalue weighted by molar-refractivity contribution is -0.130. The smallest absolute Gasteiger partial charge is 0.227 e. The molecule has 3 rings (SSSR count). The average molecular weight is 409 g/mol. The van der Waals surface area contributed by atoms with Crippen molar-refractivity contribution in [3.05, 3.63) is 69.7 Å². The molecule has 0 unspecified atom stereocenters. The van der Waals surface area contributed by atoms with Crippen LogP contribution in [0.25, 0.3) is 0 Å². The highest BCUT2D eigenvalue weighted by molar-refractivity contribution is 6.30. The molecule has 0 spiro atoms. The Balaban J connectivity index is 1.54. The number of aliphatic hydroxyl groups excluding tert-OH is 1. The van der Waals surface area contributed by atoms with Gasteiger partial charge >= 0.3 is 0 Å². The number of carbonyl (C=O) groups excluding carboxylic acids is 1. The number of hydrogen-bond acceptors (Lipinski definition) is 4. The third-order valence-electron chi connectivity index (χ3n) is 4.75. The number of carbonyl (C=O) groups is 1. The zero-order chi connectivity index (χ0) is 19.4. The fraction of sp³-hybridized carbons (Fsp3) is 0.350. The van der Waals surface area contributed by atoms with Gasteiger partial charge in [-0.1, -0.05) is 47.5 Å². The van der Waals surface area contributed by atoms with E-state index >= 15 is 0 Å². The Hall–Kier alpha value is -1.63. The second kappa shape index (κ2) is 8.59. The monoisotopic (exact) mass is 408 g/mol. The van der Waals surface area contributed by atoms with Crippen molar-refractivity contribution in [3.8, 4) is 0 Å². The quantitative estimate of drug-likeness (QED) is 0.685. The number of likely N-dealkylation sites (tertiary alicyclic amines) is 1. The molecule has 1 amide bonds. The summed E-state index contributed by atoms with van der Waals surface area (Å²) in [5, 5.41) is 25.4. The highest BCUT2D eigenvalue weighted by Crippen LogP contribution is 2.23. The lowest BCUT2D eigenvalue weighted by atomic mass is 10.0. The lowest BCUT2D eigenvalue weighted by Gasteiger charge is -2.26. The Morgan fingerprint density at radius 3 is 2.59 bits per heavy atom. The molecule has 1 saturated heterocycles. The van der Waals surface area contributed by atoms with Crippen LogP contribution in [0.2, 0.25) is 10.0 Å². The van der Waals surface area contributed by atoms with Crippen molar-refractivity contribution in [2.75, 3.05) is 19.6 Å². The van der Waals surface area contributed by atoms with Crippen molar-refractivity contribution in [1.82, 2.24) is 10.2 Å². The molecule has 3 N–H and O–H groups in total. The molecule has 1 aliphatic heterocycles. The predicted octanol–water partition coefficient (Wildman–Crippen LogP) is 2.26. The molecule has 0 saturated carbocycles. The van der Waals surface area contributed by atoms with Gasteiger partial charge in [0.15, 0.2) is 0 Å². The summed E-state index contributed by atoms with van der Waals surface area (Å²) in [6.45, 7) is 0.880. The Morgan fingerprint density at radius 1 is 1.15 bits per heavy atom. The summed E-state index contributed by atoms with van der Waals surface area (Å²) in [4.78, 5) is 14.0. The molecule has 1 heterocycles. The summed E-state index contributed by atoms with van der Waals surface area (Å²) in [6.07, 6.45) is -0.797. The van der Waals surface area contributed by atoms with Crippen molar-refractivity contribution >= 4 is 29.1 Å². The zero-order valence-corrected chi connectivity index (χ0v) is 16.2. The van der Waals surface area contributed by atoms with E-state index in [0.717, 1.165) is 11.1 Å².